The highest BCUT2D eigenvalue weighted by molar-refractivity contribution is 6.30. The van der Waals surface area contributed by atoms with Crippen molar-refractivity contribution in [1.29, 1.82) is 0 Å². The van der Waals surface area contributed by atoms with E-state index in [1.807, 2.05) is 0 Å². The number of benzene rings is 1. The molecule has 0 saturated carbocycles. The molecule has 15 heavy (non-hydrogen) atoms. The van der Waals surface area contributed by atoms with Gasteiger partial charge in [-0.3, -0.25) is 9.59 Å². The molecule has 0 bridgehead atoms. The molecule has 0 heterocycles. The average molecular weight is 230 g/mol. The summed E-state index contributed by atoms with van der Waals surface area (Å²) in [6, 6.07) is 4.33. The Bertz CT molecular complexity index is 382. The molecular weight excluding hydrogens is 221 g/mol. The molecule has 80 valence electrons. The Morgan fingerprint density at radius 3 is 2.87 bits per heavy atom. The lowest BCUT2D eigenvalue weighted by Crippen LogP contribution is -2.26. The van der Waals surface area contributed by atoms with Crippen LogP contribution in [-0.2, 0) is 16.0 Å². The van der Waals surface area contributed by atoms with Gasteiger partial charge in [-0.05, 0) is 24.1 Å². The first-order valence-electron chi connectivity index (χ1n) is 4.30. The van der Waals surface area contributed by atoms with Gasteiger partial charge < -0.3 is 5.32 Å². The van der Waals surface area contributed by atoms with Crippen molar-refractivity contribution in [3.63, 3.8) is 0 Å². The molecule has 0 radical (unpaired) electrons. The molecule has 0 aliphatic carbocycles. The number of carbonyl (C=O) groups excluding carboxylic acids is 2. The van der Waals surface area contributed by atoms with Gasteiger partial charge in [-0.1, -0.05) is 17.7 Å². The minimum absolute atomic E-state index is 0.0502. The van der Waals surface area contributed by atoms with Crippen LogP contribution in [0.3, 0.4) is 0 Å². The first kappa shape index (κ1) is 11.7. The van der Waals surface area contributed by atoms with Crippen molar-refractivity contribution in [2.24, 2.45) is 0 Å². The highest BCUT2D eigenvalue weighted by atomic mass is 35.5. The third-order valence-electron chi connectivity index (χ3n) is 1.80. The lowest BCUT2D eigenvalue weighted by molar-refractivity contribution is -0.131. The molecule has 3 nitrogen and oxygen atoms in total. The smallest absolute Gasteiger partial charge is 0.284 e. The van der Waals surface area contributed by atoms with Crippen LogP contribution in [0.1, 0.15) is 5.56 Å². The number of hydrogen-bond donors (Lipinski definition) is 1. The molecule has 0 spiro atoms. The van der Waals surface area contributed by atoms with Crippen LogP contribution >= 0.6 is 11.6 Å². The first-order chi connectivity index (χ1) is 7.13. The Morgan fingerprint density at radius 2 is 2.27 bits per heavy atom. The van der Waals surface area contributed by atoms with E-state index >= 15 is 0 Å². The summed E-state index contributed by atoms with van der Waals surface area (Å²) in [6.07, 6.45) is 0.706. The summed E-state index contributed by atoms with van der Waals surface area (Å²) in [5.41, 5.74) is 0.799. The number of carbonyl (C=O) groups is 2. The number of halogens is 2. The van der Waals surface area contributed by atoms with Crippen molar-refractivity contribution in [2.45, 2.75) is 6.42 Å². The highest BCUT2D eigenvalue weighted by Gasteiger charge is 2.01. The lowest BCUT2D eigenvalue weighted by Gasteiger charge is -2.02. The molecule has 0 fully saturated rings. The topological polar surface area (TPSA) is 46.2 Å². The SMILES string of the molecule is O=CC(=O)NCCc1ccc(F)c(Cl)c1. The molecule has 1 aromatic rings. The van der Waals surface area contributed by atoms with Gasteiger partial charge in [0.05, 0.1) is 5.02 Å². The zero-order valence-corrected chi connectivity index (χ0v) is 8.55. The number of amides is 1. The van der Waals surface area contributed by atoms with E-state index in [-0.39, 0.29) is 11.3 Å². The molecule has 0 aliphatic heterocycles. The van der Waals surface area contributed by atoms with Gasteiger partial charge in [-0.15, -0.1) is 0 Å². The highest BCUT2D eigenvalue weighted by Crippen LogP contribution is 2.15. The normalized spacial score (nSPS) is 9.73. The Kier molecular flexibility index (Phi) is 4.24. The van der Waals surface area contributed by atoms with Gasteiger partial charge in [0, 0.05) is 6.54 Å². The van der Waals surface area contributed by atoms with Gasteiger partial charge in [0.2, 0.25) is 6.29 Å². The fourth-order valence-corrected chi connectivity index (χ4v) is 1.27. The molecule has 5 heteroatoms. The van der Waals surface area contributed by atoms with Crippen molar-refractivity contribution >= 4 is 23.8 Å². The fraction of sp³-hybridized carbons (Fsp3) is 0.200. The van der Waals surface area contributed by atoms with Crippen LogP contribution in [-0.4, -0.2) is 18.7 Å². The zero-order valence-electron chi connectivity index (χ0n) is 7.80. The Balaban J connectivity index is 2.48. The van der Waals surface area contributed by atoms with Crippen LogP contribution in [0.5, 0.6) is 0 Å². The maximum absolute atomic E-state index is 12.8. The second-order valence-electron chi connectivity index (χ2n) is 2.91. The molecule has 1 aromatic carbocycles. The fourth-order valence-electron chi connectivity index (χ4n) is 1.07. The minimum Gasteiger partial charge on any atom is -0.349 e. The van der Waals surface area contributed by atoms with Crippen LogP contribution in [0.25, 0.3) is 0 Å². The Labute approximate surface area is 91.2 Å². The van der Waals surface area contributed by atoms with Crippen LogP contribution < -0.4 is 5.32 Å². The van der Waals surface area contributed by atoms with Gasteiger partial charge in [0.15, 0.2) is 0 Å². The van der Waals surface area contributed by atoms with Crippen molar-refractivity contribution in [2.75, 3.05) is 6.54 Å². The molecule has 0 aliphatic rings. The summed E-state index contributed by atoms with van der Waals surface area (Å²) >= 11 is 5.56. The monoisotopic (exact) mass is 229 g/mol. The summed E-state index contributed by atoms with van der Waals surface area (Å²) in [5.74, 6) is -1.14. The van der Waals surface area contributed by atoms with Crippen LogP contribution in [0.4, 0.5) is 4.39 Å². The summed E-state index contributed by atoms with van der Waals surface area (Å²) in [5, 5.41) is 2.42. The van der Waals surface area contributed by atoms with E-state index in [0.717, 1.165) is 5.56 Å². The maximum Gasteiger partial charge on any atom is 0.284 e. The third kappa shape index (κ3) is 3.67. The van der Waals surface area contributed by atoms with Gasteiger partial charge in [0.25, 0.3) is 5.91 Å². The van der Waals surface area contributed by atoms with Gasteiger partial charge in [-0.25, -0.2) is 4.39 Å². The van der Waals surface area contributed by atoms with Crippen molar-refractivity contribution in [3.05, 3.63) is 34.6 Å². The van der Waals surface area contributed by atoms with Gasteiger partial charge >= 0.3 is 0 Å². The number of rotatable bonds is 4. The number of aldehydes is 1. The summed E-state index contributed by atoms with van der Waals surface area (Å²) in [6.45, 7) is 0.319. The first-order valence-corrected chi connectivity index (χ1v) is 4.68. The summed E-state index contributed by atoms with van der Waals surface area (Å²) in [4.78, 5) is 20.5. The zero-order chi connectivity index (χ0) is 11.3. The predicted octanol–water partition coefficient (Wildman–Crippen LogP) is 1.34. The van der Waals surface area contributed by atoms with Crippen LogP contribution in [0.15, 0.2) is 18.2 Å². The van der Waals surface area contributed by atoms with E-state index < -0.39 is 11.7 Å². The van der Waals surface area contributed by atoms with E-state index in [1.165, 1.54) is 12.1 Å². The second-order valence-corrected chi connectivity index (χ2v) is 3.31. The predicted molar refractivity (Wildman–Crippen MR) is 54.2 cm³/mol. The van der Waals surface area contributed by atoms with E-state index in [0.29, 0.717) is 13.0 Å². The van der Waals surface area contributed by atoms with E-state index in [1.54, 1.807) is 6.07 Å². The van der Waals surface area contributed by atoms with E-state index in [2.05, 4.69) is 5.32 Å². The van der Waals surface area contributed by atoms with Crippen LogP contribution in [0, 0.1) is 5.82 Å². The lowest BCUT2D eigenvalue weighted by atomic mass is 10.1. The molecule has 1 rings (SSSR count). The second kappa shape index (κ2) is 5.46. The standard InChI is InChI=1S/C10H9ClFNO2/c11-8-5-7(1-2-9(8)12)3-4-13-10(15)6-14/h1-2,5-6H,3-4H2,(H,13,15). The molecule has 0 aromatic heterocycles. The summed E-state index contributed by atoms with van der Waals surface area (Å²) < 4.78 is 12.8. The van der Waals surface area contributed by atoms with E-state index in [9.17, 15) is 14.0 Å². The average Bonchev–Trinajstić information content (AvgIpc) is 2.23. The molecule has 1 N–H and O–H groups in total. The minimum atomic E-state index is -0.664. The van der Waals surface area contributed by atoms with Crippen molar-refractivity contribution < 1.29 is 14.0 Å². The van der Waals surface area contributed by atoms with Gasteiger partial charge in [0.1, 0.15) is 5.82 Å². The van der Waals surface area contributed by atoms with Crippen LogP contribution in [0.2, 0.25) is 5.02 Å². The molecule has 0 saturated heterocycles. The molecule has 1 amide bonds. The number of hydrogen-bond acceptors (Lipinski definition) is 2. The third-order valence-corrected chi connectivity index (χ3v) is 2.09. The summed E-state index contributed by atoms with van der Waals surface area (Å²) in [7, 11) is 0. The number of nitrogens with one attached hydrogen (secondary N) is 1. The maximum atomic E-state index is 12.8. The van der Waals surface area contributed by atoms with Crippen molar-refractivity contribution in [1.82, 2.24) is 5.32 Å². The van der Waals surface area contributed by atoms with E-state index in [4.69, 9.17) is 11.6 Å². The molecule has 0 unspecified atom stereocenters. The quantitative estimate of drug-likeness (QED) is 0.626. The Morgan fingerprint density at radius 1 is 1.53 bits per heavy atom. The largest absolute Gasteiger partial charge is 0.349 e. The molecular formula is C10H9ClFNO2. The van der Waals surface area contributed by atoms with Gasteiger partial charge in [-0.2, -0.15) is 0 Å². The van der Waals surface area contributed by atoms with Crippen molar-refractivity contribution in [3.8, 4) is 0 Å². The molecule has 0 atom stereocenters. The Hall–Kier alpha value is -1.42.